The Kier molecular flexibility index (Phi) is 5.34. The third-order valence-corrected chi connectivity index (χ3v) is 4.23. The summed E-state index contributed by atoms with van der Waals surface area (Å²) in [5.74, 6) is 0.619. The minimum absolute atomic E-state index is 0.101. The summed E-state index contributed by atoms with van der Waals surface area (Å²) in [7, 11) is 0. The molecule has 1 amide bonds. The maximum absolute atomic E-state index is 12.0. The van der Waals surface area contributed by atoms with Crippen LogP contribution in [0.15, 0.2) is 22.9 Å². The van der Waals surface area contributed by atoms with Crippen LogP contribution in [0, 0.1) is 11.8 Å². The molecule has 4 nitrogen and oxygen atoms in total. The SMILES string of the molecule is O=C(NCC1CCCCC1CO)c1cncc(Br)c1. The molecule has 0 aromatic carbocycles. The van der Waals surface area contributed by atoms with E-state index in [0.717, 1.165) is 17.3 Å². The first-order chi connectivity index (χ1) is 9.20. The zero-order chi connectivity index (χ0) is 13.7. The predicted molar refractivity (Wildman–Crippen MR) is 76.8 cm³/mol. The summed E-state index contributed by atoms with van der Waals surface area (Å²) in [6.45, 7) is 0.857. The van der Waals surface area contributed by atoms with Crippen molar-refractivity contribution in [3.05, 3.63) is 28.5 Å². The van der Waals surface area contributed by atoms with Crippen molar-refractivity contribution >= 4 is 21.8 Å². The van der Waals surface area contributed by atoms with E-state index in [1.807, 2.05) is 0 Å². The third-order valence-electron chi connectivity index (χ3n) is 3.79. The van der Waals surface area contributed by atoms with Gasteiger partial charge in [0.2, 0.25) is 0 Å². The van der Waals surface area contributed by atoms with E-state index in [-0.39, 0.29) is 12.5 Å². The largest absolute Gasteiger partial charge is 0.396 e. The first-order valence-corrected chi connectivity index (χ1v) is 7.49. The molecule has 0 bridgehead atoms. The van der Waals surface area contributed by atoms with Crippen molar-refractivity contribution in [2.45, 2.75) is 25.7 Å². The standard InChI is InChI=1S/C14H19BrN2O2/c15-13-5-12(6-16-8-13)14(19)17-7-10-3-1-2-4-11(10)9-18/h5-6,8,10-11,18H,1-4,7,9H2,(H,17,19). The Morgan fingerprint density at radius 1 is 1.37 bits per heavy atom. The van der Waals surface area contributed by atoms with E-state index < -0.39 is 0 Å². The lowest BCUT2D eigenvalue weighted by Gasteiger charge is -2.30. The van der Waals surface area contributed by atoms with Crippen molar-refractivity contribution in [1.29, 1.82) is 0 Å². The van der Waals surface area contributed by atoms with Crippen LogP contribution < -0.4 is 5.32 Å². The summed E-state index contributed by atoms with van der Waals surface area (Å²) in [6.07, 6.45) is 7.74. The second kappa shape index (κ2) is 7.01. The maximum Gasteiger partial charge on any atom is 0.252 e. The number of aromatic nitrogens is 1. The number of carbonyl (C=O) groups is 1. The van der Waals surface area contributed by atoms with Gasteiger partial charge in [-0.15, -0.1) is 0 Å². The summed E-state index contributed by atoms with van der Waals surface area (Å²) in [5.41, 5.74) is 0.561. The van der Waals surface area contributed by atoms with E-state index >= 15 is 0 Å². The molecule has 2 rings (SSSR count). The van der Waals surface area contributed by atoms with Crippen LogP contribution in [0.3, 0.4) is 0 Å². The van der Waals surface area contributed by atoms with Crippen LogP contribution in [0.1, 0.15) is 36.0 Å². The van der Waals surface area contributed by atoms with Crippen LogP contribution in [-0.4, -0.2) is 29.1 Å². The summed E-state index contributed by atoms with van der Waals surface area (Å²) in [4.78, 5) is 16.0. The molecule has 1 aromatic rings. The molecule has 1 saturated carbocycles. The molecule has 104 valence electrons. The van der Waals surface area contributed by atoms with Crippen molar-refractivity contribution < 1.29 is 9.90 Å². The van der Waals surface area contributed by atoms with Gasteiger partial charge in [0.25, 0.3) is 5.91 Å². The number of nitrogens with zero attached hydrogens (tertiary/aromatic N) is 1. The highest BCUT2D eigenvalue weighted by molar-refractivity contribution is 9.10. The molecule has 2 N–H and O–H groups in total. The Labute approximate surface area is 121 Å². The number of amides is 1. The van der Waals surface area contributed by atoms with Gasteiger partial charge in [-0.1, -0.05) is 12.8 Å². The molecule has 0 saturated heterocycles. The van der Waals surface area contributed by atoms with Crippen molar-refractivity contribution in [2.75, 3.05) is 13.2 Å². The Morgan fingerprint density at radius 2 is 2.11 bits per heavy atom. The molecule has 19 heavy (non-hydrogen) atoms. The second-order valence-corrected chi connectivity index (χ2v) is 6.00. The van der Waals surface area contributed by atoms with Crippen molar-refractivity contribution in [3.8, 4) is 0 Å². The first kappa shape index (κ1) is 14.5. The Balaban J connectivity index is 1.89. The quantitative estimate of drug-likeness (QED) is 0.892. The van der Waals surface area contributed by atoms with E-state index in [1.54, 1.807) is 18.5 Å². The summed E-state index contributed by atoms with van der Waals surface area (Å²) >= 11 is 3.30. The van der Waals surface area contributed by atoms with Gasteiger partial charge >= 0.3 is 0 Å². The number of hydrogen-bond donors (Lipinski definition) is 2. The molecule has 2 unspecified atom stereocenters. The number of halogens is 1. The van der Waals surface area contributed by atoms with E-state index in [0.29, 0.717) is 23.9 Å². The highest BCUT2D eigenvalue weighted by Crippen LogP contribution is 2.29. The van der Waals surface area contributed by atoms with E-state index in [1.165, 1.54) is 12.8 Å². The Bertz CT molecular complexity index is 439. The molecule has 0 radical (unpaired) electrons. The normalized spacial score (nSPS) is 23.1. The van der Waals surface area contributed by atoms with Gasteiger partial charge in [-0.05, 0) is 46.7 Å². The average Bonchev–Trinajstić information content (AvgIpc) is 2.45. The van der Waals surface area contributed by atoms with E-state index in [2.05, 4.69) is 26.2 Å². The molecule has 1 fully saturated rings. The summed E-state index contributed by atoms with van der Waals surface area (Å²) < 4.78 is 0.797. The minimum atomic E-state index is -0.101. The van der Waals surface area contributed by atoms with Crippen LogP contribution >= 0.6 is 15.9 Å². The zero-order valence-electron chi connectivity index (χ0n) is 10.8. The van der Waals surface area contributed by atoms with Crippen LogP contribution in [-0.2, 0) is 0 Å². The summed E-state index contributed by atoms with van der Waals surface area (Å²) in [6, 6.07) is 1.76. The number of aliphatic hydroxyl groups is 1. The third kappa shape index (κ3) is 4.01. The molecule has 1 aliphatic rings. The monoisotopic (exact) mass is 326 g/mol. The molecule has 1 aliphatic carbocycles. The zero-order valence-corrected chi connectivity index (χ0v) is 12.4. The van der Waals surface area contributed by atoms with Gasteiger partial charge in [-0.25, -0.2) is 0 Å². The molecule has 0 spiro atoms. The van der Waals surface area contributed by atoms with Gasteiger partial charge in [0.05, 0.1) is 5.56 Å². The van der Waals surface area contributed by atoms with E-state index in [4.69, 9.17) is 0 Å². The molecule has 1 aromatic heterocycles. The second-order valence-electron chi connectivity index (χ2n) is 5.09. The number of hydrogen-bond acceptors (Lipinski definition) is 3. The van der Waals surface area contributed by atoms with Crippen molar-refractivity contribution in [2.24, 2.45) is 11.8 Å². The highest BCUT2D eigenvalue weighted by Gasteiger charge is 2.24. The van der Waals surface area contributed by atoms with E-state index in [9.17, 15) is 9.90 Å². The smallest absolute Gasteiger partial charge is 0.252 e. The van der Waals surface area contributed by atoms with Crippen LogP contribution in [0.25, 0.3) is 0 Å². The number of pyridine rings is 1. The molecular formula is C14H19BrN2O2. The van der Waals surface area contributed by atoms with Crippen molar-refractivity contribution in [3.63, 3.8) is 0 Å². The number of nitrogens with one attached hydrogen (secondary N) is 1. The molecular weight excluding hydrogens is 308 g/mol. The van der Waals surface area contributed by atoms with Crippen LogP contribution in [0.5, 0.6) is 0 Å². The molecule has 1 heterocycles. The minimum Gasteiger partial charge on any atom is -0.396 e. The van der Waals surface area contributed by atoms with Crippen LogP contribution in [0.2, 0.25) is 0 Å². The lowest BCUT2D eigenvalue weighted by Crippen LogP contribution is -2.35. The van der Waals surface area contributed by atoms with Gasteiger partial charge < -0.3 is 10.4 Å². The summed E-state index contributed by atoms with van der Waals surface area (Å²) in [5, 5.41) is 12.3. The first-order valence-electron chi connectivity index (χ1n) is 6.70. The number of carbonyl (C=O) groups excluding carboxylic acids is 1. The Morgan fingerprint density at radius 3 is 2.79 bits per heavy atom. The lowest BCUT2D eigenvalue weighted by molar-refractivity contribution is 0.0909. The lowest BCUT2D eigenvalue weighted by atomic mass is 9.79. The molecule has 2 atom stereocenters. The fraction of sp³-hybridized carbons (Fsp3) is 0.571. The van der Waals surface area contributed by atoms with Gasteiger partial charge in [0.15, 0.2) is 0 Å². The molecule has 5 heteroatoms. The fourth-order valence-corrected chi connectivity index (χ4v) is 3.02. The van der Waals surface area contributed by atoms with Crippen molar-refractivity contribution in [1.82, 2.24) is 10.3 Å². The fourth-order valence-electron chi connectivity index (χ4n) is 2.66. The molecule has 0 aliphatic heterocycles. The van der Waals surface area contributed by atoms with Gasteiger partial charge in [-0.2, -0.15) is 0 Å². The number of aliphatic hydroxyl groups excluding tert-OH is 1. The highest BCUT2D eigenvalue weighted by atomic mass is 79.9. The number of rotatable bonds is 4. The van der Waals surface area contributed by atoms with Gasteiger partial charge in [0.1, 0.15) is 0 Å². The Hall–Kier alpha value is -0.940. The van der Waals surface area contributed by atoms with Crippen LogP contribution in [0.4, 0.5) is 0 Å². The van der Waals surface area contributed by atoms with Gasteiger partial charge in [-0.3, -0.25) is 9.78 Å². The van der Waals surface area contributed by atoms with Gasteiger partial charge in [0, 0.05) is 30.0 Å². The predicted octanol–water partition coefficient (Wildman–Crippen LogP) is 2.37. The topological polar surface area (TPSA) is 62.2 Å². The maximum atomic E-state index is 12.0. The average molecular weight is 327 g/mol.